The molecule has 14 heavy (non-hydrogen) atoms. The fourth-order valence-corrected chi connectivity index (χ4v) is 4.26. The molecule has 0 amide bonds. The van der Waals surface area contributed by atoms with Crippen molar-refractivity contribution in [2.45, 2.75) is 19.5 Å². The predicted octanol–water partition coefficient (Wildman–Crippen LogP) is 3.35. The molecule has 0 radical (unpaired) electrons. The van der Waals surface area contributed by atoms with Gasteiger partial charge in [0.1, 0.15) is 0 Å². The Morgan fingerprint density at radius 3 is 3.00 bits per heavy atom. The third-order valence-corrected chi connectivity index (χ3v) is 5.46. The van der Waals surface area contributed by atoms with Crippen molar-refractivity contribution in [3.8, 4) is 0 Å². The lowest BCUT2D eigenvalue weighted by molar-refractivity contribution is 0.454. The molecule has 1 aromatic heterocycles. The minimum absolute atomic E-state index is 0.707. The second kappa shape index (κ2) is 5.01. The number of hydrogen-bond donors (Lipinski definition) is 1. The summed E-state index contributed by atoms with van der Waals surface area (Å²) in [5, 5.41) is 5.84. The zero-order valence-corrected chi connectivity index (χ0v) is 11.3. The van der Waals surface area contributed by atoms with Crippen LogP contribution < -0.4 is 5.32 Å². The van der Waals surface area contributed by atoms with Gasteiger partial charge in [0.15, 0.2) is 0 Å². The van der Waals surface area contributed by atoms with Crippen LogP contribution in [0.3, 0.4) is 0 Å². The maximum atomic E-state index is 3.63. The van der Waals surface area contributed by atoms with E-state index in [2.05, 4.69) is 51.4 Å². The van der Waals surface area contributed by atoms with Crippen molar-refractivity contribution in [1.82, 2.24) is 5.32 Å². The predicted molar refractivity (Wildman–Crippen MR) is 69.1 cm³/mol. The largest absolute Gasteiger partial charge is 0.309 e. The first-order valence-electron chi connectivity index (χ1n) is 4.80. The van der Waals surface area contributed by atoms with Crippen molar-refractivity contribution >= 4 is 39.0 Å². The van der Waals surface area contributed by atoms with Crippen molar-refractivity contribution in [3.63, 3.8) is 0 Å². The number of thioether (sulfide) groups is 1. The molecule has 2 atom stereocenters. The summed E-state index contributed by atoms with van der Waals surface area (Å²) in [6.07, 6.45) is 0. The summed E-state index contributed by atoms with van der Waals surface area (Å²) in [6.45, 7) is 3.35. The molecule has 0 spiro atoms. The Labute approximate surface area is 102 Å². The highest BCUT2D eigenvalue weighted by molar-refractivity contribution is 9.11. The maximum Gasteiger partial charge on any atom is 0.0701 e. The Hall–Kier alpha value is 0.490. The lowest BCUT2D eigenvalue weighted by Crippen LogP contribution is -2.33. The van der Waals surface area contributed by atoms with Gasteiger partial charge >= 0.3 is 0 Å². The van der Waals surface area contributed by atoms with E-state index in [4.69, 9.17) is 0 Å². The minimum Gasteiger partial charge on any atom is -0.309 e. The standard InChI is InChI=1S/C10H14BrNS2/c1-7-4-13-6-9(7)12-3-8-2-10(11)14-5-8/h2,5,7,9,12H,3-4,6H2,1H3. The van der Waals surface area contributed by atoms with Crippen LogP contribution in [0.1, 0.15) is 12.5 Å². The molecular weight excluding hydrogens is 278 g/mol. The lowest BCUT2D eigenvalue weighted by atomic mass is 10.1. The molecule has 78 valence electrons. The molecule has 2 heterocycles. The third kappa shape index (κ3) is 2.75. The summed E-state index contributed by atoms with van der Waals surface area (Å²) in [5.41, 5.74) is 1.39. The molecule has 0 aromatic carbocycles. The first-order valence-corrected chi connectivity index (χ1v) is 7.62. The maximum absolute atomic E-state index is 3.63. The molecular formula is C10H14BrNS2. The molecule has 4 heteroatoms. The molecule has 1 N–H and O–H groups in total. The molecule has 1 aliphatic heterocycles. The third-order valence-electron chi connectivity index (χ3n) is 2.56. The summed E-state index contributed by atoms with van der Waals surface area (Å²) in [4.78, 5) is 0. The van der Waals surface area contributed by atoms with Gasteiger partial charge in [-0.15, -0.1) is 11.3 Å². The van der Waals surface area contributed by atoms with Gasteiger partial charge in [-0.05, 0) is 44.6 Å². The molecule has 0 bridgehead atoms. The summed E-state index contributed by atoms with van der Waals surface area (Å²) >= 11 is 7.30. The second-order valence-corrected chi connectivity index (χ2v) is 7.13. The molecule has 1 saturated heterocycles. The van der Waals surface area contributed by atoms with Crippen LogP contribution in [0.5, 0.6) is 0 Å². The van der Waals surface area contributed by atoms with Crippen molar-refractivity contribution in [1.29, 1.82) is 0 Å². The van der Waals surface area contributed by atoms with Crippen LogP contribution in [0.2, 0.25) is 0 Å². The molecule has 1 fully saturated rings. The van der Waals surface area contributed by atoms with Crippen LogP contribution in [-0.2, 0) is 6.54 Å². The van der Waals surface area contributed by atoms with Gasteiger partial charge in [-0.25, -0.2) is 0 Å². The summed E-state index contributed by atoms with van der Waals surface area (Å²) in [5.74, 6) is 3.40. The first kappa shape index (κ1) is 11.0. The van der Waals surface area contributed by atoms with E-state index in [9.17, 15) is 0 Å². The quantitative estimate of drug-likeness (QED) is 0.917. The zero-order chi connectivity index (χ0) is 9.97. The van der Waals surface area contributed by atoms with Crippen LogP contribution in [0, 0.1) is 5.92 Å². The van der Waals surface area contributed by atoms with E-state index < -0.39 is 0 Å². The smallest absolute Gasteiger partial charge is 0.0701 e. The van der Waals surface area contributed by atoms with Crippen molar-refractivity contribution in [2.75, 3.05) is 11.5 Å². The Balaban J connectivity index is 1.82. The number of rotatable bonds is 3. The topological polar surface area (TPSA) is 12.0 Å². The van der Waals surface area contributed by atoms with Gasteiger partial charge in [-0.2, -0.15) is 11.8 Å². The molecule has 1 aromatic rings. The Bertz CT molecular complexity index is 300. The average molecular weight is 292 g/mol. The fourth-order valence-electron chi connectivity index (χ4n) is 1.61. The van der Waals surface area contributed by atoms with E-state index >= 15 is 0 Å². The van der Waals surface area contributed by atoms with Gasteiger partial charge in [0.05, 0.1) is 3.79 Å². The van der Waals surface area contributed by atoms with E-state index in [0.717, 1.165) is 12.5 Å². The molecule has 0 saturated carbocycles. The molecule has 0 aliphatic carbocycles. The van der Waals surface area contributed by atoms with Crippen molar-refractivity contribution in [3.05, 3.63) is 20.8 Å². The number of hydrogen-bond acceptors (Lipinski definition) is 3. The van der Waals surface area contributed by atoms with E-state index in [1.807, 2.05) is 0 Å². The monoisotopic (exact) mass is 291 g/mol. The van der Waals surface area contributed by atoms with Gasteiger partial charge in [0.2, 0.25) is 0 Å². The van der Waals surface area contributed by atoms with Crippen LogP contribution in [0.25, 0.3) is 0 Å². The van der Waals surface area contributed by atoms with Gasteiger partial charge in [0, 0.05) is 18.3 Å². The fraction of sp³-hybridized carbons (Fsp3) is 0.600. The molecule has 2 rings (SSSR count). The van der Waals surface area contributed by atoms with Crippen molar-refractivity contribution in [2.24, 2.45) is 5.92 Å². The highest BCUT2D eigenvalue weighted by Gasteiger charge is 2.22. The molecule has 2 unspecified atom stereocenters. The van der Waals surface area contributed by atoms with Crippen LogP contribution >= 0.6 is 39.0 Å². The van der Waals surface area contributed by atoms with Crippen molar-refractivity contribution < 1.29 is 0 Å². The normalized spacial score (nSPS) is 27.0. The highest BCUT2D eigenvalue weighted by Crippen LogP contribution is 2.25. The minimum atomic E-state index is 0.707. The second-order valence-electron chi connectivity index (χ2n) is 3.76. The number of thiophene rings is 1. The lowest BCUT2D eigenvalue weighted by Gasteiger charge is -2.15. The first-order chi connectivity index (χ1) is 6.75. The SMILES string of the molecule is CC1CSCC1NCc1csc(Br)c1. The van der Waals surface area contributed by atoms with Gasteiger partial charge < -0.3 is 5.32 Å². The number of halogens is 1. The van der Waals surface area contributed by atoms with Crippen LogP contribution in [0.15, 0.2) is 15.2 Å². The Morgan fingerprint density at radius 1 is 1.57 bits per heavy atom. The van der Waals surface area contributed by atoms with Crippen LogP contribution in [0.4, 0.5) is 0 Å². The molecule has 1 aliphatic rings. The average Bonchev–Trinajstić information content (AvgIpc) is 2.72. The van der Waals surface area contributed by atoms with E-state index in [0.29, 0.717) is 6.04 Å². The van der Waals surface area contributed by atoms with E-state index in [1.54, 1.807) is 11.3 Å². The van der Waals surface area contributed by atoms with E-state index in [1.165, 1.54) is 20.9 Å². The highest BCUT2D eigenvalue weighted by atomic mass is 79.9. The van der Waals surface area contributed by atoms with Gasteiger partial charge in [-0.1, -0.05) is 6.92 Å². The summed E-state index contributed by atoms with van der Waals surface area (Å²) in [6, 6.07) is 2.91. The zero-order valence-electron chi connectivity index (χ0n) is 8.13. The summed E-state index contributed by atoms with van der Waals surface area (Å²) in [7, 11) is 0. The Morgan fingerprint density at radius 2 is 2.43 bits per heavy atom. The molecule has 1 nitrogen and oxygen atoms in total. The van der Waals surface area contributed by atoms with E-state index in [-0.39, 0.29) is 0 Å². The van der Waals surface area contributed by atoms with Crippen LogP contribution in [-0.4, -0.2) is 17.5 Å². The summed E-state index contributed by atoms with van der Waals surface area (Å²) < 4.78 is 1.23. The van der Waals surface area contributed by atoms with Gasteiger partial charge in [0.25, 0.3) is 0 Å². The Kier molecular flexibility index (Phi) is 3.93. The number of nitrogens with one attached hydrogen (secondary N) is 1. The van der Waals surface area contributed by atoms with Gasteiger partial charge in [-0.3, -0.25) is 0 Å².